The van der Waals surface area contributed by atoms with Gasteiger partial charge in [-0.05, 0) is 38.5 Å². The van der Waals surface area contributed by atoms with Crippen LogP contribution in [-0.4, -0.2) is 10.9 Å². The molecule has 0 bridgehead atoms. The van der Waals surface area contributed by atoms with Gasteiger partial charge in [-0.2, -0.15) is 0 Å². The summed E-state index contributed by atoms with van der Waals surface area (Å²) in [6.45, 7) is 6.15. The largest absolute Gasteiger partial charge is 0.306 e. The fourth-order valence-electron chi connectivity index (χ4n) is 1.18. The van der Waals surface area contributed by atoms with E-state index >= 15 is 0 Å². The van der Waals surface area contributed by atoms with Gasteiger partial charge in [-0.25, -0.2) is 8.78 Å². The van der Waals surface area contributed by atoms with Crippen LogP contribution in [0.25, 0.3) is 0 Å². The van der Waals surface area contributed by atoms with E-state index < -0.39 is 11.6 Å². The molecule has 0 amide bonds. The van der Waals surface area contributed by atoms with E-state index in [0.29, 0.717) is 12.1 Å². The van der Waals surface area contributed by atoms with E-state index in [9.17, 15) is 8.78 Å². The Morgan fingerprint density at radius 2 is 1.75 bits per heavy atom. The van der Waals surface area contributed by atoms with Crippen LogP contribution in [0.5, 0.6) is 0 Å². The molecule has 0 radical (unpaired) electrons. The van der Waals surface area contributed by atoms with E-state index in [1.54, 1.807) is 0 Å². The fraction of sp³-hybridized carbons (Fsp3) is 0.500. The molecule has 4 heteroatoms. The number of alkyl halides is 1. The zero-order valence-electron chi connectivity index (χ0n) is 9.65. The Kier molecular flexibility index (Phi) is 4.28. The molecule has 16 heavy (non-hydrogen) atoms. The van der Waals surface area contributed by atoms with E-state index in [1.165, 1.54) is 12.1 Å². The Balaban J connectivity index is 2.68. The minimum Gasteiger partial charge on any atom is -0.306 e. The summed E-state index contributed by atoms with van der Waals surface area (Å²) >= 11 is 5.99. The van der Waals surface area contributed by atoms with Gasteiger partial charge in [0.05, 0.1) is 0 Å². The lowest BCUT2D eigenvalue weighted by atomic mass is 10.0. The first-order chi connectivity index (χ1) is 7.31. The van der Waals surface area contributed by atoms with Gasteiger partial charge in [-0.1, -0.05) is 0 Å². The van der Waals surface area contributed by atoms with E-state index in [4.69, 9.17) is 11.6 Å². The van der Waals surface area contributed by atoms with Crippen molar-refractivity contribution in [1.82, 2.24) is 5.32 Å². The van der Waals surface area contributed by atoms with Crippen LogP contribution in [0.2, 0.25) is 0 Å². The van der Waals surface area contributed by atoms with Crippen molar-refractivity contribution in [1.29, 1.82) is 0 Å². The Morgan fingerprint density at radius 3 is 2.19 bits per heavy atom. The molecule has 1 nitrogen and oxygen atoms in total. The third-order valence-electron chi connectivity index (χ3n) is 2.66. The topological polar surface area (TPSA) is 12.0 Å². The van der Waals surface area contributed by atoms with Crippen molar-refractivity contribution in [3.63, 3.8) is 0 Å². The molecule has 1 atom stereocenters. The Hall–Kier alpha value is -0.670. The van der Waals surface area contributed by atoms with Crippen molar-refractivity contribution in [2.24, 2.45) is 0 Å². The lowest BCUT2D eigenvalue weighted by Gasteiger charge is -2.29. The SMILES string of the molecule is CC(Cl)C(C)(C)NCc1cc(F)cc(F)c1. The predicted molar refractivity (Wildman–Crippen MR) is 62.6 cm³/mol. The van der Waals surface area contributed by atoms with Crippen molar-refractivity contribution >= 4 is 11.6 Å². The smallest absolute Gasteiger partial charge is 0.126 e. The van der Waals surface area contributed by atoms with Crippen molar-refractivity contribution in [3.8, 4) is 0 Å². The number of rotatable bonds is 4. The Labute approximate surface area is 99.8 Å². The van der Waals surface area contributed by atoms with Gasteiger partial charge in [0, 0.05) is 23.5 Å². The van der Waals surface area contributed by atoms with Gasteiger partial charge in [-0.3, -0.25) is 0 Å². The van der Waals surface area contributed by atoms with Gasteiger partial charge in [0.25, 0.3) is 0 Å². The second-order valence-corrected chi connectivity index (χ2v) is 5.12. The van der Waals surface area contributed by atoms with E-state index in [0.717, 1.165) is 6.07 Å². The maximum Gasteiger partial charge on any atom is 0.126 e. The highest BCUT2D eigenvalue weighted by Crippen LogP contribution is 2.16. The zero-order chi connectivity index (χ0) is 12.3. The summed E-state index contributed by atoms with van der Waals surface area (Å²) in [6, 6.07) is 3.48. The molecule has 1 N–H and O–H groups in total. The lowest BCUT2D eigenvalue weighted by Crippen LogP contribution is -2.45. The first-order valence-corrected chi connectivity index (χ1v) is 5.59. The van der Waals surface area contributed by atoms with Gasteiger partial charge in [0.2, 0.25) is 0 Å². The number of hydrogen-bond donors (Lipinski definition) is 1. The monoisotopic (exact) mass is 247 g/mol. The third-order valence-corrected chi connectivity index (χ3v) is 3.21. The van der Waals surface area contributed by atoms with Crippen LogP contribution in [0, 0.1) is 11.6 Å². The molecule has 1 rings (SSSR count). The minimum atomic E-state index is -0.562. The first kappa shape index (κ1) is 13.4. The summed E-state index contributed by atoms with van der Waals surface area (Å²) in [5.41, 5.74) is 0.285. The summed E-state index contributed by atoms with van der Waals surface area (Å²) in [5.74, 6) is -1.12. The van der Waals surface area contributed by atoms with Crippen molar-refractivity contribution in [2.75, 3.05) is 0 Å². The van der Waals surface area contributed by atoms with E-state index in [1.807, 2.05) is 20.8 Å². The molecule has 1 unspecified atom stereocenters. The Morgan fingerprint density at radius 1 is 1.25 bits per heavy atom. The van der Waals surface area contributed by atoms with Crippen LogP contribution in [0.15, 0.2) is 18.2 Å². The van der Waals surface area contributed by atoms with Crippen LogP contribution in [0.1, 0.15) is 26.3 Å². The summed E-state index contributed by atoms with van der Waals surface area (Å²) < 4.78 is 25.8. The molecular weight excluding hydrogens is 232 g/mol. The van der Waals surface area contributed by atoms with Crippen molar-refractivity contribution in [3.05, 3.63) is 35.4 Å². The second kappa shape index (κ2) is 5.11. The third kappa shape index (κ3) is 3.72. The van der Waals surface area contributed by atoms with E-state index in [2.05, 4.69) is 5.32 Å². The standard InChI is InChI=1S/C12H16ClF2N/c1-8(13)12(2,3)16-7-9-4-10(14)6-11(15)5-9/h4-6,8,16H,7H2,1-3H3. The molecule has 0 aliphatic rings. The van der Waals surface area contributed by atoms with Crippen molar-refractivity contribution < 1.29 is 8.78 Å². The lowest BCUT2D eigenvalue weighted by molar-refractivity contribution is 0.379. The van der Waals surface area contributed by atoms with Crippen molar-refractivity contribution in [2.45, 2.75) is 38.2 Å². The first-order valence-electron chi connectivity index (χ1n) is 5.15. The second-order valence-electron chi connectivity index (χ2n) is 4.47. The molecule has 0 saturated carbocycles. The van der Waals surface area contributed by atoms with Gasteiger partial charge >= 0.3 is 0 Å². The summed E-state index contributed by atoms with van der Waals surface area (Å²) in [7, 11) is 0. The molecule has 0 heterocycles. The number of halogens is 3. The average molecular weight is 248 g/mol. The molecular formula is C12H16ClF2N. The van der Waals surface area contributed by atoms with Gasteiger partial charge in [-0.15, -0.1) is 11.6 Å². The van der Waals surface area contributed by atoms with Crippen LogP contribution in [0.3, 0.4) is 0 Å². The normalized spacial score (nSPS) is 13.9. The zero-order valence-corrected chi connectivity index (χ0v) is 10.4. The predicted octanol–water partition coefficient (Wildman–Crippen LogP) is 3.46. The molecule has 0 aliphatic carbocycles. The number of nitrogens with one attached hydrogen (secondary N) is 1. The van der Waals surface area contributed by atoms with Crippen LogP contribution >= 0.6 is 11.6 Å². The summed E-state index contributed by atoms with van der Waals surface area (Å²) in [4.78, 5) is 0. The molecule has 1 aromatic rings. The van der Waals surface area contributed by atoms with Gasteiger partial charge < -0.3 is 5.32 Å². The molecule has 0 fully saturated rings. The Bertz CT molecular complexity index is 344. The van der Waals surface area contributed by atoms with Gasteiger partial charge in [0.1, 0.15) is 11.6 Å². The minimum absolute atomic E-state index is 0.0779. The van der Waals surface area contributed by atoms with E-state index in [-0.39, 0.29) is 10.9 Å². The summed E-state index contributed by atoms with van der Waals surface area (Å²) in [5, 5.41) is 3.09. The van der Waals surface area contributed by atoms with Crippen LogP contribution < -0.4 is 5.32 Å². The van der Waals surface area contributed by atoms with Gasteiger partial charge in [0.15, 0.2) is 0 Å². The summed E-state index contributed by atoms with van der Waals surface area (Å²) in [6.07, 6.45) is 0. The molecule has 0 saturated heterocycles. The highest BCUT2D eigenvalue weighted by atomic mass is 35.5. The molecule has 90 valence electrons. The van der Waals surface area contributed by atoms with Crippen LogP contribution in [-0.2, 0) is 6.54 Å². The molecule has 0 spiro atoms. The van der Waals surface area contributed by atoms with Crippen LogP contribution in [0.4, 0.5) is 8.78 Å². The highest BCUT2D eigenvalue weighted by Gasteiger charge is 2.23. The molecule has 0 aromatic heterocycles. The maximum absolute atomic E-state index is 12.9. The number of hydrogen-bond acceptors (Lipinski definition) is 1. The fourth-order valence-corrected chi connectivity index (χ4v) is 1.26. The molecule has 0 aliphatic heterocycles. The average Bonchev–Trinajstić information content (AvgIpc) is 2.13. The maximum atomic E-state index is 12.9. The quantitative estimate of drug-likeness (QED) is 0.804. The molecule has 1 aromatic carbocycles. The highest BCUT2D eigenvalue weighted by molar-refractivity contribution is 6.21. The number of benzene rings is 1.